The first-order valence-corrected chi connectivity index (χ1v) is 7.04. The van der Waals surface area contributed by atoms with E-state index in [2.05, 4.69) is 4.98 Å². The van der Waals surface area contributed by atoms with Gasteiger partial charge in [0.25, 0.3) is 0 Å². The van der Waals surface area contributed by atoms with Gasteiger partial charge in [-0.2, -0.15) is 0 Å². The second-order valence-corrected chi connectivity index (χ2v) is 5.31. The minimum atomic E-state index is 0.00112. The number of nitrogens with two attached hydrogens (primary N) is 1. The summed E-state index contributed by atoms with van der Waals surface area (Å²) in [5.74, 6) is 0.784. The molecule has 0 aliphatic rings. The van der Waals surface area contributed by atoms with E-state index in [0.29, 0.717) is 17.4 Å². The van der Waals surface area contributed by atoms with Crippen molar-refractivity contribution in [3.63, 3.8) is 0 Å². The lowest BCUT2D eigenvalue weighted by Crippen LogP contribution is -2.28. The molecule has 5 nitrogen and oxygen atoms in total. The van der Waals surface area contributed by atoms with Crippen molar-refractivity contribution in [1.29, 1.82) is 0 Å². The van der Waals surface area contributed by atoms with Gasteiger partial charge in [-0.1, -0.05) is 18.2 Å². The molecule has 2 N–H and O–H groups in total. The largest absolute Gasteiger partial charge is 0.496 e. The van der Waals surface area contributed by atoms with Crippen molar-refractivity contribution in [2.24, 2.45) is 0 Å². The number of para-hydroxylation sites is 1. The van der Waals surface area contributed by atoms with E-state index in [0.717, 1.165) is 11.3 Å². The van der Waals surface area contributed by atoms with E-state index in [1.165, 1.54) is 11.3 Å². The SMILES string of the molecule is COc1ccccc1CN(C)C(=O)Cc1csc(N)n1. The second-order valence-electron chi connectivity index (χ2n) is 4.42. The summed E-state index contributed by atoms with van der Waals surface area (Å²) >= 11 is 1.34. The lowest BCUT2D eigenvalue weighted by Gasteiger charge is -2.18. The standard InChI is InChI=1S/C14H17N3O2S/c1-17(8-10-5-3-4-6-12(10)19-2)13(18)7-11-9-20-14(15)16-11/h3-6,9H,7-8H2,1-2H3,(H2,15,16). The monoisotopic (exact) mass is 291 g/mol. The Bertz CT molecular complexity index is 598. The van der Waals surface area contributed by atoms with E-state index in [-0.39, 0.29) is 12.3 Å². The zero-order valence-electron chi connectivity index (χ0n) is 11.5. The van der Waals surface area contributed by atoms with Crippen LogP contribution in [0.1, 0.15) is 11.3 Å². The molecule has 0 aliphatic carbocycles. The van der Waals surface area contributed by atoms with Gasteiger partial charge in [0, 0.05) is 24.5 Å². The van der Waals surface area contributed by atoms with E-state index in [1.807, 2.05) is 29.6 Å². The summed E-state index contributed by atoms with van der Waals surface area (Å²) in [7, 11) is 3.39. The summed E-state index contributed by atoms with van der Waals surface area (Å²) in [5, 5.41) is 2.30. The predicted molar refractivity (Wildman–Crippen MR) is 79.7 cm³/mol. The highest BCUT2D eigenvalue weighted by atomic mass is 32.1. The van der Waals surface area contributed by atoms with Gasteiger partial charge in [-0.3, -0.25) is 4.79 Å². The molecule has 0 unspecified atom stereocenters. The summed E-state index contributed by atoms with van der Waals surface area (Å²) in [5.41, 5.74) is 7.25. The van der Waals surface area contributed by atoms with Crippen molar-refractivity contribution < 1.29 is 9.53 Å². The van der Waals surface area contributed by atoms with Gasteiger partial charge in [-0.15, -0.1) is 11.3 Å². The summed E-state index contributed by atoms with van der Waals surface area (Å²) in [4.78, 5) is 17.9. The minimum absolute atomic E-state index is 0.00112. The Morgan fingerprint density at radius 1 is 1.45 bits per heavy atom. The first kappa shape index (κ1) is 14.3. The molecular formula is C14H17N3O2S. The Hall–Kier alpha value is -2.08. The molecule has 0 aliphatic heterocycles. The number of thiazole rings is 1. The molecule has 1 aromatic carbocycles. The van der Waals surface area contributed by atoms with Gasteiger partial charge in [-0.25, -0.2) is 4.98 Å². The van der Waals surface area contributed by atoms with Crippen molar-refractivity contribution >= 4 is 22.4 Å². The zero-order chi connectivity index (χ0) is 14.5. The summed E-state index contributed by atoms with van der Waals surface area (Å²) in [6.07, 6.45) is 0.263. The van der Waals surface area contributed by atoms with Crippen molar-refractivity contribution in [2.75, 3.05) is 19.9 Å². The number of rotatable bonds is 5. The van der Waals surface area contributed by atoms with Crippen LogP contribution in [0.25, 0.3) is 0 Å². The molecule has 0 fully saturated rings. The lowest BCUT2D eigenvalue weighted by molar-refractivity contribution is -0.129. The van der Waals surface area contributed by atoms with Gasteiger partial charge in [0.15, 0.2) is 5.13 Å². The maximum absolute atomic E-state index is 12.1. The maximum Gasteiger partial charge on any atom is 0.228 e. The van der Waals surface area contributed by atoms with Crippen molar-refractivity contribution in [1.82, 2.24) is 9.88 Å². The number of likely N-dealkylation sites (N-methyl/N-ethyl adjacent to an activating group) is 1. The average Bonchev–Trinajstić information content (AvgIpc) is 2.84. The summed E-state index contributed by atoms with van der Waals surface area (Å²) in [6, 6.07) is 7.66. The molecule has 2 aromatic rings. The molecular weight excluding hydrogens is 274 g/mol. The molecule has 0 atom stereocenters. The second kappa shape index (κ2) is 6.38. The lowest BCUT2D eigenvalue weighted by atomic mass is 10.2. The van der Waals surface area contributed by atoms with E-state index in [4.69, 9.17) is 10.5 Å². The third-order valence-corrected chi connectivity index (χ3v) is 3.65. The Morgan fingerprint density at radius 3 is 2.85 bits per heavy atom. The first-order chi connectivity index (χ1) is 9.60. The number of carbonyl (C=O) groups is 1. The van der Waals surface area contributed by atoms with Gasteiger partial charge >= 0.3 is 0 Å². The fourth-order valence-electron chi connectivity index (χ4n) is 1.87. The van der Waals surface area contributed by atoms with Crippen LogP contribution in [0.15, 0.2) is 29.6 Å². The van der Waals surface area contributed by atoms with Gasteiger partial charge < -0.3 is 15.4 Å². The Morgan fingerprint density at radius 2 is 2.20 bits per heavy atom. The molecule has 0 spiro atoms. The number of nitrogens with zero attached hydrogens (tertiary/aromatic N) is 2. The number of hydrogen-bond donors (Lipinski definition) is 1. The van der Waals surface area contributed by atoms with Gasteiger partial charge in [0.05, 0.1) is 19.2 Å². The summed E-state index contributed by atoms with van der Waals surface area (Å²) in [6.45, 7) is 0.502. The molecule has 0 radical (unpaired) electrons. The molecule has 1 amide bonds. The normalized spacial score (nSPS) is 10.3. The third kappa shape index (κ3) is 3.48. The molecule has 106 valence electrons. The van der Waals surface area contributed by atoms with E-state index in [1.54, 1.807) is 19.1 Å². The molecule has 20 heavy (non-hydrogen) atoms. The van der Waals surface area contributed by atoms with Crippen LogP contribution >= 0.6 is 11.3 Å². The van der Waals surface area contributed by atoms with Crippen LogP contribution in [-0.4, -0.2) is 29.9 Å². The predicted octanol–water partition coefficient (Wildman–Crippen LogP) is 1.94. The Balaban J connectivity index is 2.00. The number of carbonyl (C=O) groups excluding carboxylic acids is 1. The molecule has 1 aromatic heterocycles. The van der Waals surface area contributed by atoms with Crippen molar-refractivity contribution in [2.45, 2.75) is 13.0 Å². The molecule has 6 heteroatoms. The van der Waals surface area contributed by atoms with E-state index >= 15 is 0 Å². The third-order valence-electron chi connectivity index (χ3n) is 2.93. The quantitative estimate of drug-likeness (QED) is 0.914. The summed E-state index contributed by atoms with van der Waals surface area (Å²) < 4.78 is 5.28. The number of nitrogen functional groups attached to an aromatic ring is 1. The average molecular weight is 291 g/mol. The number of ether oxygens (including phenoxy) is 1. The Kier molecular flexibility index (Phi) is 4.57. The number of methoxy groups -OCH3 is 1. The van der Waals surface area contributed by atoms with Crippen LogP contribution in [0.2, 0.25) is 0 Å². The number of amides is 1. The molecule has 0 saturated heterocycles. The highest BCUT2D eigenvalue weighted by Crippen LogP contribution is 2.19. The van der Waals surface area contributed by atoms with Crippen LogP contribution in [-0.2, 0) is 17.8 Å². The fourth-order valence-corrected chi connectivity index (χ4v) is 2.43. The topological polar surface area (TPSA) is 68.5 Å². The highest BCUT2D eigenvalue weighted by Gasteiger charge is 2.13. The van der Waals surface area contributed by atoms with Gasteiger partial charge in [0.2, 0.25) is 5.91 Å². The van der Waals surface area contributed by atoms with Crippen LogP contribution in [0.3, 0.4) is 0 Å². The molecule has 1 heterocycles. The molecule has 0 saturated carbocycles. The Labute approximate surface area is 122 Å². The number of anilines is 1. The smallest absolute Gasteiger partial charge is 0.228 e. The van der Waals surface area contributed by atoms with Crippen molar-refractivity contribution in [3.05, 3.63) is 40.9 Å². The number of aromatic nitrogens is 1. The van der Waals surface area contributed by atoms with Crippen molar-refractivity contribution in [3.8, 4) is 5.75 Å². The van der Waals surface area contributed by atoms with Crippen LogP contribution < -0.4 is 10.5 Å². The van der Waals surface area contributed by atoms with Crippen LogP contribution in [0, 0.1) is 0 Å². The molecule has 0 bridgehead atoms. The van der Waals surface area contributed by atoms with Crippen LogP contribution in [0.5, 0.6) is 5.75 Å². The molecule has 2 rings (SSSR count). The minimum Gasteiger partial charge on any atom is -0.496 e. The fraction of sp³-hybridized carbons (Fsp3) is 0.286. The number of benzene rings is 1. The first-order valence-electron chi connectivity index (χ1n) is 6.16. The number of hydrogen-bond acceptors (Lipinski definition) is 5. The zero-order valence-corrected chi connectivity index (χ0v) is 12.3. The highest BCUT2D eigenvalue weighted by molar-refractivity contribution is 7.13. The van der Waals surface area contributed by atoms with E-state index in [9.17, 15) is 4.79 Å². The maximum atomic E-state index is 12.1. The van der Waals surface area contributed by atoms with Gasteiger partial charge in [0.1, 0.15) is 5.75 Å². The van der Waals surface area contributed by atoms with Crippen LogP contribution in [0.4, 0.5) is 5.13 Å². The van der Waals surface area contributed by atoms with Gasteiger partial charge in [-0.05, 0) is 6.07 Å². The van der Waals surface area contributed by atoms with E-state index < -0.39 is 0 Å².